The molecule has 0 radical (unpaired) electrons. The predicted octanol–water partition coefficient (Wildman–Crippen LogP) is 4.88. The van der Waals surface area contributed by atoms with Gasteiger partial charge in [0.2, 0.25) is 5.91 Å². The van der Waals surface area contributed by atoms with E-state index in [4.69, 9.17) is 10.5 Å². The summed E-state index contributed by atoms with van der Waals surface area (Å²) < 4.78 is 19.8. The lowest BCUT2D eigenvalue weighted by molar-refractivity contribution is -0.118. The summed E-state index contributed by atoms with van der Waals surface area (Å²) in [6.07, 6.45) is 7.42. The average Bonchev–Trinajstić information content (AvgIpc) is 2.69. The normalized spacial score (nSPS) is 14.8. The van der Waals surface area contributed by atoms with Gasteiger partial charge >= 0.3 is 0 Å². The molecule has 5 nitrogen and oxygen atoms in total. The summed E-state index contributed by atoms with van der Waals surface area (Å²) in [5, 5.41) is 2.79. The second kappa shape index (κ2) is 12.0. The van der Waals surface area contributed by atoms with Gasteiger partial charge in [-0.25, -0.2) is 4.39 Å². The molecule has 1 aliphatic carbocycles. The molecule has 8 heteroatoms. The number of nitrogens with two attached hydrogens (primary N) is 1. The van der Waals surface area contributed by atoms with Crippen molar-refractivity contribution >= 4 is 36.4 Å². The summed E-state index contributed by atoms with van der Waals surface area (Å²) >= 11 is 0. The molecular weight excluding hydrogens is 416 g/mol. The smallest absolute Gasteiger partial charge is 0.224 e. The summed E-state index contributed by atoms with van der Waals surface area (Å²) in [6, 6.07) is 9.91. The van der Waals surface area contributed by atoms with Gasteiger partial charge in [0.1, 0.15) is 6.61 Å². The number of nitrogens with zero attached hydrogens (tertiary/aromatic N) is 1. The standard InChI is InChI=1S/C21H26FN3O2.2ClH/c22-18-12-16(7-8-19(18)27-14-17-6-2-5-11-24-17)25-20(26)13-21(15-23)9-3-1-4-10-21;;/h2,5-8,11-12H,1,3-4,9-10,13-15,23H2,(H,25,26);2*1H. The zero-order valence-corrected chi connectivity index (χ0v) is 17.9. The van der Waals surface area contributed by atoms with Crippen LogP contribution in [0.2, 0.25) is 0 Å². The first kappa shape index (κ1) is 25.1. The number of hydrogen-bond acceptors (Lipinski definition) is 4. The highest BCUT2D eigenvalue weighted by atomic mass is 35.5. The Kier molecular flexibility index (Phi) is 10.4. The van der Waals surface area contributed by atoms with Crippen LogP contribution < -0.4 is 15.8 Å². The molecule has 3 rings (SSSR count). The Bertz CT molecular complexity index is 772. The van der Waals surface area contributed by atoms with Crippen LogP contribution in [0.4, 0.5) is 10.1 Å². The van der Waals surface area contributed by atoms with Crippen molar-refractivity contribution in [2.45, 2.75) is 45.1 Å². The van der Waals surface area contributed by atoms with Gasteiger partial charge in [0.15, 0.2) is 11.6 Å². The molecule has 3 N–H and O–H groups in total. The lowest BCUT2D eigenvalue weighted by Gasteiger charge is -2.35. The number of ether oxygens (including phenoxy) is 1. The third kappa shape index (κ3) is 7.14. The first-order valence-corrected chi connectivity index (χ1v) is 9.42. The summed E-state index contributed by atoms with van der Waals surface area (Å²) in [6.45, 7) is 0.692. The average molecular weight is 444 g/mol. The second-order valence-corrected chi connectivity index (χ2v) is 7.24. The molecule has 160 valence electrons. The fraction of sp³-hybridized carbons (Fsp3) is 0.429. The molecule has 1 amide bonds. The number of nitrogens with one attached hydrogen (secondary N) is 1. The highest BCUT2D eigenvalue weighted by Gasteiger charge is 2.33. The molecule has 1 aliphatic rings. The molecular formula is C21H28Cl2FN3O2. The Hall–Kier alpha value is -1.89. The number of pyridine rings is 1. The summed E-state index contributed by atoms with van der Waals surface area (Å²) in [7, 11) is 0. The SMILES string of the molecule is Cl.Cl.NCC1(CC(=O)Nc2ccc(OCc3ccccn3)c(F)c2)CCCCC1. The summed E-state index contributed by atoms with van der Waals surface area (Å²) in [4.78, 5) is 16.6. The van der Waals surface area contributed by atoms with Crippen molar-refractivity contribution in [2.24, 2.45) is 11.1 Å². The highest BCUT2D eigenvalue weighted by Crippen LogP contribution is 2.38. The summed E-state index contributed by atoms with van der Waals surface area (Å²) in [5.74, 6) is -0.511. The van der Waals surface area contributed by atoms with E-state index in [0.29, 0.717) is 24.3 Å². The number of aromatic nitrogens is 1. The Morgan fingerprint density at radius 1 is 1.17 bits per heavy atom. The van der Waals surface area contributed by atoms with Gasteiger partial charge in [0, 0.05) is 24.4 Å². The van der Waals surface area contributed by atoms with Gasteiger partial charge in [0.25, 0.3) is 0 Å². The minimum absolute atomic E-state index is 0. The molecule has 2 aromatic rings. The molecule has 0 atom stereocenters. The van der Waals surface area contributed by atoms with Gasteiger partial charge in [-0.15, -0.1) is 24.8 Å². The van der Waals surface area contributed by atoms with Crippen molar-refractivity contribution in [1.82, 2.24) is 4.98 Å². The van der Waals surface area contributed by atoms with Crippen LogP contribution in [0.15, 0.2) is 42.6 Å². The molecule has 29 heavy (non-hydrogen) atoms. The topological polar surface area (TPSA) is 77.2 Å². The second-order valence-electron chi connectivity index (χ2n) is 7.24. The predicted molar refractivity (Wildman–Crippen MR) is 117 cm³/mol. The maximum atomic E-state index is 14.3. The van der Waals surface area contributed by atoms with Crippen molar-refractivity contribution < 1.29 is 13.9 Å². The molecule has 0 aliphatic heterocycles. The number of rotatable bonds is 7. The maximum Gasteiger partial charge on any atom is 0.224 e. The molecule has 0 bridgehead atoms. The summed E-state index contributed by atoms with van der Waals surface area (Å²) in [5.41, 5.74) is 6.96. The maximum absolute atomic E-state index is 14.3. The molecule has 1 aromatic carbocycles. The minimum atomic E-state index is -0.519. The Morgan fingerprint density at radius 3 is 2.55 bits per heavy atom. The van der Waals surface area contributed by atoms with Crippen LogP contribution >= 0.6 is 24.8 Å². The number of anilines is 1. The fourth-order valence-electron chi connectivity index (χ4n) is 3.63. The molecule has 1 fully saturated rings. The Labute approximate surface area is 183 Å². The van der Waals surface area contributed by atoms with E-state index >= 15 is 0 Å². The third-order valence-electron chi connectivity index (χ3n) is 5.20. The number of halogens is 3. The van der Waals surface area contributed by atoms with E-state index in [2.05, 4.69) is 10.3 Å². The Morgan fingerprint density at radius 2 is 1.93 bits per heavy atom. The lowest BCUT2D eigenvalue weighted by atomic mass is 9.71. The van der Waals surface area contributed by atoms with Crippen LogP contribution in [0, 0.1) is 11.2 Å². The lowest BCUT2D eigenvalue weighted by Crippen LogP contribution is -2.36. The monoisotopic (exact) mass is 443 g/mol. The van der Waals surface area contributed by atoms with Crippen LogP contribution in [0.1, 0.15) is 44.2 Å². The van der Waals surface area contributed by atoms with Gasteiger partial charge in [-0.05, 0) is 49.1 Å². The van der Waals surface area contributed by atoms with Crippen molar-refractivity contribution in [3.63, 3.8) is 0 Å². The molecule has 1 aromatic heterocycles. The van der Waals surface area contributed by atoms with Crippen LogP contribution in [-0.4, -0.2) is 17.4 Å². The number of carbonyl (C=O) groups is 1. The van der Waals surface area contributed by atoms with Gasteiger partial charge in [-0.2, -0.15) is 0 Å². The fourth-order valence-corrected chi connectivity index (χ4v) is 3.63. The van der Waals surface area contributed by atoms with E-state index in [-0.39, 0.29) is 48.5 Å². The number of benzene rings is 1. The van der Waals surface area contributed by atoms with E-state index in [1.54, 1.807) is 12.3 Å². The minimum Gasteiger partial charge on any atom is -0.484 e. The number of carbonyl (C=O) groups excluding carboxylic acids is 1. The molecule has 0 saturated heterocycles. The zero-order chi connectivity index (χ0) is 19.1. The van der Waals surface area contributed by atoms with Gasteiger partial charge in [-0.1, -0.05) is 25.3 Å². The van der Waals surface area contributed by atoms with Gasteiger partial charge in [-0.3, -0.25) is 9.78 Å². The van der Waals surface area contributed by atoms with E-state index in [9.17, 15) is 9.18 Å². The number of hydrogen-bond donors (Lipinski definition) is 2. The van der Waals surface area contributed by atoms with Crippen LogP contribution in [0.5, 0.6) is 5.75 Å². The van der Waals surface area contributed by atoms with Gasteiger partial charge < -0.3 is 15.8 Å². The van der Waals surface area contributed by atoms with Crippen molar-refractivity contribution in [3.05, 3.63) is 54.1 Å². The van der Waals surface area contributed by atoms with Crippen molar-refractivity contribution in [1.29, 1.82) is 0 Å². The Balaban J connectivity index is 0.00000210. The molecule has 1 heterocycles. The molecule has 0 spiro atoms. The first-order chi connectivity index (χ1) is 13.1. The van der Waals surface area contributed by atoms with Crippen LogP contribution in [0.3, 0.4) is 0 Å². The molecule has 0 unspecified atom stereocenters. The van der Waals surface area contributed by atoms with Gasteiger partial charge in [0.05, 0.1) is 5.69 Å². The van der Waals surface area contributed by atoms with E-state index < -0.39 is 5.82 Å². The third-order valence-corrected chi connectivity index (χ3v) is 5.20. The van der Waals surface area contributed by atoms with E-state index in [1.165, 1.54) is 18.6 Å². The largest absolute Gasteiger partial charge is 0.484 e. The van der Waals surface area contributed by atoms with Crippen LogP contribution in [0.25, 0.3) is 0 Å². The highest BCUT2D eigenvalue weighted by molar-refractivity contribution is 5.91. The van der Waals surface area contributed by atoms with Crippen LogP contribution in [-0.2, 0) is 11.4 Å². The zero-order valence-electron chi connectivity index (χ0n) is 16.2. The van der Waals surface area contributed by atoms with Crippen molar-refractivity contribution in [3.8, 4) is 5.75 Å². The van der Waals surface area contributed by atoms with Crippen molar-refractivity contribution in [2.75, 3.05) is 11.9 Å². The number of amides is 1. The quantitative estimate of drug-likeness (QED) is 0.638. The first-order valence-electron chi connectivity index (χ1n) is 9.42. The van der Waals surface area contributed by atoms with E-state index in [0.717, 1.165) is 25.7 Å². The molecule has 1 saturated carbocycles. The van der Waals surface area contributed by atoms with E-state index in [1.807, 2.05) is 18.2 Å².